The number of ether oxygens (including phenoxy) is 6. The fourth-order valence-electron chi connectivity index (χ4n) is 9.62. The van der Waals surface area contributed by atoms with Gasteiger partial charge in [-0.25, -0.2) is 4.79 Å². The van der Waals surface area contributed by atoms with Crippen LogP contribution in [-0.2, 0) is 71.6 Å². The van der Waals surface area contributed by atoms with Gasteiger partial charge in [0.05, 0.1) is 59.2 Å². The number of hydroxylamine groups is 2. The van der Waals surface area contributed by atoms with Crippen LogP contribution in [0.25, 0.3) is 0 Å². The first kappa shape index (κ1) is 74.7. The number of imide groups is 1. The summed E-state index contributed by atoms with van der Waals surface area (Å²) in [5.41, 5.74) is 0. The monoisotopic (exact) mass is 1260 g/mol. The molecule has 7 amide bonds. The molecule has 17 atom stereocenters. The van der Waals surface area contributed by atoms with Gasteiger partial charge in [-0.2, -0.15) is 0 Å². The lowest BCUT2D eigenvalue weighted by atomic mass is 9.99. The van der Waals surface area contributed by atoms with Gasteiger partial charge in [-0.1, -0.05) is 71.1 Å². The standard InChI is InChI=1S/C53H91N7O27/c1-2-3-4-5-6-7-8-9-10-11-12-13-33(64)57-29(14-17-38(69)87-60-36(67)15-16-37(60)68)49(79)58-48(50(80)56-20-23-83-53-47(78)44(75)41(72)32(28-63)86-53)59(24-34(65)54-18-21-81-51-45(76)42(73)39(70)30(26-61)84-51)25-35(66)55-19-22-82-52-46(77)43(74)40(71)31(27-62)85-52/h29-32,39-48,51-53,61-63,70-78H,2-28H2,1H3,(H,54,65)(H,55,66)(H,56,80)(H,57,64)(H,58,79)/t29-,30+,31+,32+,39+,40+,41+,42-,43-,44-,45-,46-,47-,48+,51-,52-,53-/m0/s1. The summed E-state index contributed by atoms with van der Waals surface area (Å²) in [7, 11) is 0. The SMILES string of the molecule is CCCCCCCCCCCCCC(=O)N[C@@H](CCC(=O)ON1C(=O)CCC1=O)C(=O)N[C@@H](C(=O)NCCO[C@H]1O[C@H](CO)[C@@H](O)[C@H](O)[C@@H]1O)N(CC(=O)NCCO[C@H]1O[C@H](CO)[C@@H](O)[C@H](O)[C@@H]1O)CC(=O)NCCO[C@H]1O[C@H](CO)[C@@H](O)[C@H](O)[C@@H]1O. The van der Waals surface area contributed by atoms with Crippen molar-refractivity contribution in [2.45, 2.75) is 214 Å². The number of hydrogen-bond acceptors (Lipinski definition) is 28. The molecule has 0 spiro atoms. The van der Waals surface area contributed by atoms with Gasteiger partial charge in [-0.15, -0.1) is 5.06 Å². The van der Waals surface area contributed by atoms with Gasteiger partial charge in [0.15, 0.2) is 25.0 Å². The Labute approximate surface area is 502 Å². The smallest absolute Gasteiger partial charge is 0.333 e. The van der Waals surface area contributed by atoms with E-state index in [0.717, 1.165) is 49.8 Å². The van der Waals surface area contributed by atoms with E-state index in [4.69, 9.17) is 33.3 Å². The van der Waals surface area contributed by atoms with E-state index in [1.54, 1.807) is 0 Å². The molecule has 0 aromatic carbocycles. The predicted molar refractivity (Wildman–Crippen MR) is 291 cm³/mol. The molecular formula is C53H91N7O27. The van der Waals surface area contributed by atoms with Gasteiger partial charge in [0.2, 0.25) is 23.6 Å². The molecular weight excluding hydrogens is 1170 g/mol. The fraction of sp³-hybridized carbons (Fsp3) is 0.849. The van der Waals surface area contributed by atoms with Crippen LogP contribution in [0.1, 0.15) is 110 Å². The number of carbonyl (C=O) groups excluding carboxylic acids is 8. The van der Waals surface area contributed by atoms with Crippen LogP contribution in [0.3, 0.4) is 0 Å². The van der Waals surface area contributed by atoms with Gasteiger partial charge in [-0.05, 0) is 12.8 Å². The van der Waals surface area contributed by atoms with Crippen molar-refractivity contribution in [2.24, 2.45) is 0 Å². The first-order valence-corrected chi connectivity index (χ1v) is 29.5. The van der Waals surface area contributed by atoms with Crippen LogP contribution in [0.5, 0.6) is 0 Å². The maximum Gasteiger partial charge on any atom is 0.333 e. The van der Waals surface area contributed by atoms with Crippen LogP contribution < -0.4 is 26.6 Å². The van der Waals surface area contributed by atoms with Crippen molar-refractivity contribution < 1.29 is 133 Å². The van der Waals surface area contributed by atoms with Crippen LogP contribution in [0.15, 0.2) is 0 Å². The third kappa shape index (κ3) is 24.2. The first-order valence-electron chi connectivity index (χ1n) is 29.5. The molecule has 0 unspecified atom stereocenters. The molecule has 0 aliphatic carbocycles. The van der Waals surface area contributed by atoms with E-state index in [9.17, 15) is 99.6 Å². The van der Waals surface area contributed by atoms with Crippen molar-refractivity contribution in [2.75, 3.05) is 72.4 Å². The number of rotatable bonds is 40. The van der Waals surface area contributed by atoms with Crippen molar-refractivity contribution in [3.63, 3.8) is 0 Å². The maximum absolute atomic E-state index is 14.6. The summed E-state index contributed by atoms with van der Waals surface area (Å²) in [5.74, 6) is -7.75. The summed E-state index contributed by atoms with van der Waals surface area (Å²) >= 11 is 0. The molecule has 4 fully saturated rings. The summed E-state index contributed by atoms with van der Waals surface area (Å²) in [5, 5.41) is 134. The quantitative estimate of drug-likeness (QED) is 0.0154. The van der Waals surface area contributed by atoms with Crippen LogP contribution >= 0.6 is 0 Å². The third-order valence-corrected chi connectivity index (χ3v) is 14.7. The molecule has 0 aromatic rings. The molecule has 4 saturated heterocycles. The van der Waals surface area contributed by atoms with Crippen LogP contribution in [0.2, 0.25) is 0 Å². The van der Waals surface area contributed by atoms with Crippen molar-refractivity contribution in [1.29, 1.82) is 0 Å². The summed E-state index contributed by atoms with van der Waals surface area (Å²) < 4.78 is 32.4. The Balaban J connectivity index is 1.59. The first-order chi connectivity index (χ1) is 41.6. The Kier molecular flexibility index (Phi) is 33.8. The molecule has 4 aliphatic rings. The third-order valence-electron chi connectivity index (χ3n) is 14.7. The van der Waals surface area contributed by atoms with E-state index in [1.807, 2.05) is 0 Å². The number of amides is 7. The zero-order chi connectivity index (χ0) is 64.2. The number of aliphatic hydroxyl groups excluding tert-OH is 12. The molecule has 34 nitrogen and oxygen atoms in total. The number of carbonyl (C=O) groups is 8. The molecule has 34 heteroatoms. The van der Waals surface area contributed by atoms with E-state index in [-0.39, 0.29) is 24.3 Å². The minimum atomic E-state index is -2.10. The summed E-state index contributed by atoms with van der Waals surface area (Å²) in [6.45, 7) is -4.86. The normalized spacial score (nSPS) is 29.1. The Hall–Kier alpha value is -4.80. The van der Waals surface area contributed by atoms with Gasteiger partial charge >= 0.3 is 5.97 Å². The van der Waals surface area contributed by atoms with Crippen LogP contribution in [0, 0.1) is 0 Å². The zero-order valence-corrected chi connectivity index (χ0v) is 48.8. The van der Waals surface area contributed by atoms with E-state index in [0.29, 0.717) is 12.8 Å². The highest BCUT2D eigenvalue weighted by molar-refractivity contribution is 6.01. The second-order valence-electron chi connectivity index (χ2n) is 21.5. The van der Waals surface area contributed by atoms with Crippen molar-refractivity contribution in [3.05, 3.63) is 0 Å². The maximum atomic E-state index is 14.6. The lowest BCUT2D eigenvalue weighted by Gasteiger charge is -2.39. The molecule has 4 aliphatic heterocycles. The Morgan fingerprint density at radius 2 is 0.897 bits per heavy atom. The van der Waals surface area contributed by atoms with E-state index in [1.165, 1.54) is 12.8 Å². The van der Waals surface area contributed by atoms with Crippen LogP contribution in [-0.4, -0.2) is 295 Å². The number of nitrogens with one attached hydrogen (secondary N) is 5. The lowest BCUT2D eigenvalue weighted by Crippen LogP contribution is -2.63. The van der Waals surface area contributed by atoms with Gasteiger partial charge in [0.25, 0.3) is 17.7 Å². The highest BCUT2D eigenvalue weighted by Gasteiger charge is 2.47. The predicted octanol–water partition coefficient (Wildman–Crippen LogP) is -7.90. The topological polar surface area (TPSA) is 511 Å². The number of unbranched alkanes of at least 4 members (excludes halogenated alkanes) is 10. The van der Waals surface area contributed by atoms with Crippen molar-refractivity contribution in [3.8, 4) is 0 Å². The molecule has 0 radical (unpaired) electrons. The van der Waals surface area contributed by atoms with E-state index in [2.05, 4.69) is 33.5 Å². The Morgan fingerprint density at radius 3 is 1.30 bits per heavy atom. The van der Waals surface area contributed by atoms with Gasteiger partial charge in [0, 0.05) is 38.9 Å². The molecule has 4 rings (SSSR count). The highest BCUT2D eigenvalue weighted by atomic mass is 16.7. The van der Waals surface area contributed by atoms with E-state index < -0.39 is 237 Å². The largest absolute Gasteiger partial charge is 0.394 e. The lowest BCUT2D eigenvalue weighted by molar-refractivity contribution is -0.300. The number of nitrogens with zero attached hydrogens (tertiary/aromatic N) is 2. The average Bonchev–Trinajstić information content (AvgIpc) is 3.82. The van der Waals surface area contributed by atoms with Gasteiger partial charge in [-0.3, -0.25) is 38.5 Å². The average molecular weight is 1260 g/mol. The minimum absolute atomic E-state index is 0.0902. The second-order valence-corrected chi connectivity index (χ2v) is 21.5. The van der Waals surface area contributed by atoms with Gasteiger partial charge in [0.1, 0.15) is 79.3 Å². The molecule has 17 N–H and O–H groups in total. The highest BCUT2D eigenvalue weighted by Crippen LogP contribution is 2.25. The molecule has 87 heavy (non-hydrogen) atoms. The van der Waals surface area contributed by atoms with Crippen molar-refractivity contribution >= 4 is 47.3 Å². The Morgan fingerprint density at radius 1 is 0.506 bits per heavy atom. The second kappa shape index (κ2) is 39.4. The number of hydrogen-bond donors (Lipinski definition) is 17. The van der Waals surface area contributed by atoms with Crippen LogP contribution in [0.4, 0.5) is 0 Å². The fourth-order valence-corrected chi connectivity index (χ4v) is 9.62. The molecule has 0 saturated carbocycles. The Bertz CT molecular complexity index is 2060. The molecule has 0 aromatic heterocycles. The molecule has 0 bridgehead atoms. The summed E-state index contributed by atoms with van der Waals surface area (Å²) in [4.78, 5) is 114. The summed E-state index contributed by atoms with van der Waals surface area (Å²) in [6, 6.07) is -1.70. The number of aliphatic hydroxyl groups is 12. The zero-order valence-electron chi connectivity index (χ0n) is 48.8. The minimum Gasteiger partial charge on any atom is -0.394 e. The van der Waals surface area contributed by atoms with Crippen molar-refractivity contribution in [1.82, 2.24) is 36.5 Å². The van der Waals surface area contributed by atoms with Gasteiger partial charge < -0.3 is 121 Å². The van der Waals surface area contributed by atoms with E-state index >= 15 is 0 Å². The summed E-state index contributed by atoms with van der Waals surface area (Å²) in [6.07, 6.45) is -18.1. The molecule has 500 valence electrons. The molecule has 4 heterocycles.